The summed E-state index contributed by atoms with van der Waals surface area (Å²) in [6.07, 6.45) is 6.04. The van der Waals surface area contributed by atoms with E-state index in [9.17, 15) is 0 Å². The van der Waals surface area contributed by atoms with Gasteiger partial charge in [0.25, 0.3) is 0 Å². The maximum atomic E-state index is 2.81. The first-order chi connectivity index (χ1) is 10.2. The summed E-state index contributed by atoms with van der Waals surface area (Å²) in [7, 11) is 0. The molecule has 2 saturated carbocycles. The van der Waals surface area contributed by atoms with Crippen LogP contribution in [-0.4, -0.2) is 37.1 Å². The van der Waals surface area contributed by atoms with Crippen LogP contribution in [0.3, 0.4) is 0 Å². The lowest BCUT2D eigenvalue weighted by atomic mass is 9.93. The highest BCUT2D eigenvalue weighted by molar-refractivity contribution is 14.1. The number of benzene rings is 1. The Morgan fingerprint density at radius 3 is 2.52 bits per heavy atom. The van der Waals surface area contributed by atoms with Crippen LogP contribution < -0.4 is 4.90 Å². The van der Waals surface area contributed by atoms with Gasteiger partial charge in [-0.3, -0.25) is 4.90 Å². The number of hydrogen-bond acceptors (Lipinski definition) is 2. The molecule has 3 unspecified atom stereocenters. The molecule has 2 nitrogen and oxygen atoms in total. The molecule has 0 N–H and O–H groups in total. The van der Waals surface area contributed by atoms with Crippen molar-refractivity contribution in [1.29, 1.82) is 0 Å². The quantitative estimate of drug-likeness (QED) is 0.700. The summed E-state index contributed by atoms with van der Waals surface area (Å²) >= 11 is 2.43. The molecule has 3 fully saturated rings. The zero-order valence-electron chi connectivity index (χ0n) is 12.9. The van der Waals surface area contributed by atoms with Gasteiger partial charge in [-0.25, -0.2) is 0 Å². The van der Waals surface area contributed by atoms with E-state index in [0.717, 1.165) is 17.9 Å². The molecule has 0 amide bonds. The second-order valence-electron chi connectivity index (χ2n) is 7.20. The minimum Gasteiger partial charge on any atom is -0.369 e. The van der Waals surface area contributed by atoms with Gasteiger partial charge < -0.3 is 4.90 Å². The molecule has 21 heavy (non-hydrogen) atoms. The number of anilines is 1. The molecular weight excluding hydrogens is 371 g/mol. The fourth-order valence-corrected chi connectivity index (χ4v) is 5.35. The van der Waals surface area contributed by atoms with Gasteiger partial charge in [0.05, 0.1) is 0 Å². The van der Waals surface area contributed by atoms with Crippen LogP contribution in [0.15, 0.2) is 18.2 Å². The molecule has 1 aliphatic heterocycles. The minimum absolute atomic E-state index is 0.919. The monoisotopic (exact) mass is 396 g/mol. The molecule has 1 aromatic rings. The van der Waals surface area contributed by atoms with Crippen LogP contribution in [0.1, 0.15) is 31.2 Å². The molecule has 0 spiro atoms. The first kappa shape index (κ1) is 14.3. The van der Waals surface area contributed by atoms with Crippen molar-refractivity contribution >= 4 is 28.3 Å². The van der Waals surface area contributed by atoms with Crippen molar-refractivity contribution in [3.05, 3.63) is 27.3 Å². The van der Waals surface area contributed by atoms with Crippen LogP contribution >= 0.6 is 22.6 Å². The van der Waals surface area contributed by atoms with Gasteiger partial charge in [-0.15, -0.1) is 0 Å². The lowest BCUT2D eigenvalue weighted by Crippen LogP contribution is -2.51. The topological polar surface area (TPSA) is 6.48 Å². The second-order valence-corrected chi connectivity index (χ2v) is 8.44. The molecule has 114 valence electrons. The molecule has 1 heterocycles. The Balaban J connectivity index is 1.41. The Kier molecular flexibility index (Phi) is 3.90. The molecule has 0 radical (unpaired) electrons. The average Bonchev–Trinajstić information content (AvgIpc) is 3.13. The average molecular weight is 396 g/mol. The fraction of sp³-hybridized carbons (Fsp3) is 0.667. The summed E-state index contributed by atoms with van der Waals surface area (Å²) in [6.45, 7) is 7.18. The molecule has 1 saturated heterocycles. The molecule has 2 bridgehead atoms. The minimum atomic E-state index is 0.919. The predicted octanol–water partition coefficient (Wildman–Crippen LogP) is 3.91. The van der Waals surface area contributed by atoms with Gasteiger partial charge >= 0.3 is 0 Å². The summed E-state index contributed by atoms with van der Waals surface area (Å²) in [5, 5.41) is 0. The summed E-state index contributed by atoms with van der Waals surface area (Å²) in [4.78, 5) is 5.41. The Bertz CT molecular complexity index is 522. The third kappa shape index (κ3) is 2.72. The zero-order valence-corrected chi connectivity index (χ0v) is 15.1. The van der Waals surface area contributed by atoms with E-state index in [1.54, 1.807) is 0 Å². The highest BCUT2D eigenvalue weighted by atomic mass is 127. The van der Waals surface area contributed by atoms with E-state index in [1.165, 1.54) is 66.7 Å². The zero-order chi connectivity index (χ0) is 14.4. The van der Waals surface area contributed by atoms with Crippen molar-refractivity contribution in [2.75, 3.05) is 31.1 Å². The van der Waals surface area contributed by atoms with Gasteiger partial charge in [-0.2, -0.15) is 0 Å². The Morgan fingerprint density at radius 2 is 1.86 bits per heavy atom. The van der Waals surface area contributed by atoms with Crippen LogP contribution in [0.2, 0.25) is 0 Å². The molecule has 3 atom stereocenters. The summed E-state index contributed by atoms with van der Waals surface area (Å²) in [6, 6.07) is 7.75. The number of piperazine rings is 1. The van der Waals surface area contributed by atoms with E-state index in [1.807, 2.05) is 0 Å². The van der Waals surface area contributed by atoms with Crippen LogP contribution in [0.5, 0.6) is 0 Å². The maximum absolute atomic E-state index is 2.81. The van der Waals surface area contributed by atoms with E-state index in [4.69, 9.17) is 0 Å². The van der Waals surface area contributed by atoms with E-state index < -0.39 is 0 Å². The molecule has 4 rings (SSSR count). The highest BCUT2D eigenvalue weighted by Gasteiger charge is 2.42. The van der Waals surface area contributed by atoms with E-state index in [2.05, 4.69) is 57.5 Å². The molecule has 2 aliphatic carbocycles. The molecular formula is C18H25IN2. The van der Waals surface area contributed by atoms with Crippen molar-refractivity contribution in [1.82, 2.24) is 4.90 Å². The number of fused-ring (bicyclic) bond motifs is 2. The lowest BCUT2D eigenvalue weighted by molar-refractivity contribution is 0.135. The first-order valence-corrected chi connectivity index (χ1v) is 9.54. The van der Waals surface area contributed by atoms with E-state index in [-0.39, 0.29) is 0 Å². The van der Waals surface area contributed by atoms with Crippen molar-refractivity contribution in [3.63, 3.8) is 0 Å². The molecule has 1 aromatic carbocycles. The number of rotatable bonds is 2. The highest BCUT2D eigenvalue weighted by Crippen LogP contribution is 2.46. The normalized spacial score (nSPS) is 32.9. The summed E-state index contributed by atoms with van der Waals surface area (Å²) in [5.74, 6) is 2.09. The van der Waals surface area contributed by atoms with Gasteiger partial charge in [0.2, 0.25) is 0 Å². The second kappa shape index (κ2) is 5.73. The van der Waals surface area contributed by atoms with Gasteiger partial charge in [-0.05, 0) is 78.3 Å². The lowest BCUT2D eigenvalue weighted by Gasteiger charge is -2.42. The Labute approximate surface area is 142 Å². The maximum Gasteiger partial charge on any atom is 0.0407 e. The van der Waals surface area contributed by atoms with Gasteiger partial charge in [0.15, 0.2) is 0 Å². The number of nitrogens with zero attached hydrogens (tertiary/aromatic N) is 2. The third-order valence-electron chi connectivity index (χ3n) is 6.00. The molecule has 0 aromatic heterocycles. The van der Waals surface area contributed by atoms with Crippen LogP contribution in [0.4, 0.5) is 5.69 Å². The summed E-state index contributed by atoms with van der Waals surface area (Å²) < 4.78 is 1.35. The van der Waals surface area contributed by atoms with Crippen LogP contribution in [0.25, 0.3) is 0 Å². The van der Waals surface area contributed by atoms with Crippen molar-refractivity contribution in [3.8, 4) is 0 Å². The number of hydrogen-bond donors (Lipinski definition) is 0. The smallest absolute Gasteiger partial charge is 0.0407 e. The van der Waals surface area contributed by atoms with Crippen molar-refractivity contribution < 1.29 is 0 Å². The Hall–Kier alpha value is -0.290. The summed E-state index contributed by atoms with van der Waals surface area (Å²) in [5.41, 5.74) is 2.87. The van der Waals surface area contributed by atoms with Crippen LogP contribution in [0, 0.1) is 22.3 Å². The first-order valence-electron chi connectivity index (χ1n) is 8.46. The predicted molar refractivity (Wildman–Crippen MR) is 96.9 cm³/mol. The third-order valence-corrected chi connectivity index (χ3v) is 6.67. The standard InChI is InChI=1S/C18H25IN2/c1-13-2-5-16(19)12-17(13)20-6-8-21(9-7-20)18-11-14-3-4-15(18)10-14/h2,5,12,14-15,18H,3-4,6-11H2,1H3. The van der Waals surface area contributed by atoms with Crippen molar-refractivity contribution in [2.24, 2.45) is 11.8 Å². The van der Waals surface area contributed by atoms with Gasteiger partial charge in [0.1, 0.15) is 0 Å². The van der Waals surface area contributed by atoms with Gasteiger partial charge in [0, 0.05) is 41.5 Å². The number of aryl methyl sites for hydroxylation is 1. The van der Waals surface area contributed by atoms with E-state index >= 15 is 0 Å². The van der Waals surface area contributed by atoms with Crippen molar-refractivity contribution in [2.45, 2.75) is 38.6 Å². The van der Waals surface area contributed by atoms with E-state index in [0.29, 0.717) is 0 Å². The van der Waals surface area contributed by atoms with Crippen LogP contribution in [-0.2, 0) is 0 Å². The SMILES string of the molecule is Cc1ccc(I)cc1N1CCN(C2CC3CCC2C3)CC1. The molecule has 3 heteroatoms. The molecule has 3 aliphatic rings. The largest absolute Gasteiger partial charge is 0.369 e. The fourth-order valence-electron chi connectivity index (χ4n) is 4.88. The van der Waals surface area contributed by atoms with Gasteiger partial charge in [-0.1, -0.05) is 12.5 Å². The number of halogens is 1. The Morgan fingerprint density at radius 1 is 1.05 bits per heavy atom.